The third-order valence-corrected chi connectivity index (χ3v) is 3.64. The van der Waals surface area contributed by atoms with E-state index in [9.17, 15) is 9.59 Å². The third-order valence-electron chi connectivity index (χ3n) is 2.89. The highest BCUT2D eigenvalue weighted by Crippen LogP contribution is 2.17. The Hall–Kier alpha value is -2.27. The number of anilines is 1. The molecule has 108 valence electrons. The molecule has 21 heavy (non-hydrogen) atoms. The van der Waals surface area contributed by atoms with E-state index in [-0.39, 0.29) is 5.91 Å². The molecular weight excluding hydrogens is 286 g/mol. The van der Waals surface area contributed by atoms with Gasteiger partial charge in [0.25, 0.3) is 5.91 Å². The second-order valence-corrected chi connectivity index (χ2v) is 5.13. The molecule has 0 aliphatic rings. The third kappa shape index (κ3) is 3.86. The zero-order chi connectivity index (χ0) is 15.2. The van der Waals surface area contributed by atoms with E-state index in [1.165, 1.54) is 7.11 Å². The number of carbonyl (C=O) groups excluding carboxylic acids is 2. The summed E-state index contributed by atoms with van der Waals surface area (Å²) in [4.78, 5) is 24.7. The minimum absolute atomic E-state index is 0.218. The van der Waals surface area contributed by atoms with Crippen molar-refractivity contribution in [2.75, 3.05) is 18.7 Å². The molecule has 0 heterocycles. The summed E-state index contributed by atoms with van der Waals surface area (Å²) >= 11 is 1.62. The van der Waals surface area contributed by atoms with Crippen LogP contribution in [0.3, 0.4) is 0 Å². The number of carbonyl (C=O) groups is 2. The first kappa shape index (κ1) is 15.1. The van der Waals surface area contributed by atoms with E-state index in [1.807, 2.05) is 18.4 Å². The molecular formula is C16H15NO3S. The van der Waals surface area contributed by atoms with Gasteiger partial charge in [0, 0.05) is 16.1 Å². The SMILES string of the molecule is COC(=O)c1cccc(NC(=O)c2ccc(SC)cc2)c1. The molecule has 0 saturated heterocycles. The average Bonchev–Trinajstić information content (AvgIpc) is 2.54. The van der Waals surface area contributed by atoms with Gasteiger partial charge >= 0.3 is 5.97 Å². The molecule has 0 radical (unpaired) electrons. The molecule has 4 nitrogen and oxygen atoms in total. The molecule has 0 aliphatic carbocycles. The van der Waals surface area contributed by atoms with Gasteiger partial charge in [-0.3, -0.25) is 4.79 Å². The van der Waals surface area contributed by atoms with Crippen LogP contribution >= 0.6 is 11.8 Å². The van der Waals surface area contributed by atoms with Crippen LogP contribution < -0.4 is 5.32 Å². The van der Waals surface area contributed by atoms with Crippen LogP contribution in [0.2, 0.25) is 0 Å². The smallest absolute Gasteiger partial charge is 0.337 e. The predicted octanol–water partition coefficient (Wildman–Crippen LogP) is 3.45. The van der Waals surface area contributed by atoms with Gasteiger partial charge in [0.1, 0.15) is 0 Å². The van der Waals surface area contributed by atoms with Crippen LogP contribution in [0.4, 0.5) is 5.69 Å². The normalized spacial score (nSPS) is 10.0. The lowest BCUT2D eigenvalue weighted by atomic mass is 10.1. The van der Waals surface area contributed by atoms with E-state index < -0.39 is 5.97 Å². The molecule has 0 aromatic heterocycles. The van der Waals surface area contributed by atoms with Crippen LogP contribution in [0, 0.1) is 0 Å². The number of rotatable bonds is 4. The van der Waals surface area contributed by atoms with Crippen LogP contribution in [-0.2, 0) is 4.74 Å². The lowest BCUT2D eigenvalue weighted by Gasteiger charge is -2.07. The quantitative estimate of drug-likeness (QED) is 0.694. The Morgan fingerprint density at radius 1 is 1.05 bits per heavy atom. The summed E-state index contributed by atoms with van der Waals surface area (Å²) in [6, 6.07) is 14.0. The summed E-state index contributed by atoms with van der Waals surface area (Å²) in [6.45, 7) is 0. The standard InChI is InChI=1S/C16H15NO3S/c1-20-16(19)12-4-3-5-13(10-12)17-15(18)11-6-8-14(21-2)9-7-11/h3-10H,1-2H3,(H,17,18). The van der Waals surface area contributed by atoms with Gasteiger partial charge in [-0.15, -0.1) is 11.8 Å². The highest BCUT2D eigenvalue weighted by atomic mass is 32.2. The Morgan fingerprint density at radius 2 is 1.76 bits per heavy atom. The second-order valence-electron chi connectivity index (χ2n) is 4.26. The molecule has 1 N–H and O–H groups in total. The Bertz CT molecular complexity index is 653. The van der Waals surface area contributed by atoms with Gasteiger partial charge in [0.05, 0.1) is 12.7 Å². The van der Waals surface area contributed by atoms with Crippen molar-refractivity contribution in [1.29, 1.82) is 0 Å². The monoisotopic (exact) mass is 301 g/mol. The molecule has 0 spiro atoms. The molecule has 0 unspecified atom stereocenters. The number of benzene rings is 2. The second kappa shape index (κ2) is 6.95. The van der Waals surface area contributed by atoms with Crippen molar-refractivity contribution < 1.29 is 14.3 Å². The molecule has 2 aromatic carbocycles. The van der Waals surface area contributed by atoms with Gasteiger partial charge in [0.15, 0.2) is 0 Å². The van der Waals surface area contributed by atoms with Crippen molar-refractivity contribution >= 4 is 29.3 Å². The molecule has 0 fully saturated rings. The van der Waals surface area contributed by atoms with E-state index in [4.69, 9.17) is 0 Å². The first-order chi connectivity index (χ1) is 10.1. The van der Waals surface area contributed by atoms with Crippen molar-refractivity contribution in [3.05, 3.63) is 59.7 Å². The number of hydrogen-bond acceptors (Lipinski definition) is 4. The largest absolute Gasteiger partial charge is 0.465 e. The predicted molar refractivity (Wildman–Crippen MR) is 84.0 cm³/mol. The topological polar surface area (TPSA) is 55.4 Å². The van der Waals surface area contributed by atoms with Crippen molar-refractivity contribution in [3.63, 3.8) is 0 Å². The van der Waals surface area contributed by atoms with Crippen molar-refractivity contribution in [3.8, 4) is 0 Å². The van der Waals surface area contributed by atoms with Crippen molar-refractivity contribution in [1.82, 2.24) is 0 Å². The fourth-order valence-electron chi connectivity index (χ4n) is 1.79. The zero-order valence-electron chi connectivity index (χ0n) is 11.8. The molecule has 0 atom stereocenters. The van der Waals surface area contributed by atoms with E-state index in [0.29, 0.717) is 16.8 Å². The first-order valence-electron chi connectivity index (χ1n) is 6.28. The van der Waals surface area contributed by atoms with E-state index in [1.54, 1.807) is 48.2 Å². The maximum atomic E-state index is 12.1. The molecule has 2 rings (SSSR count). The molecule has 1 amide bonds. The average molecular weight is 301 g/mol. The molecule has 0 bridgehead atoms. The number of methoxy groups -OCH3 is 1. The van der Waals surface area contributed by atoms with Crippen LogP contribution in [-0.4, -0.2) is 25.2 Å². The molecule has 2 aromatic rings. The summed E-state index contributed by atoms with van der Waals surface area (Å²) in [7, 11) is 1.32. The van der Waals surface area contributed by atoms with Gasteiger partial charge in [0.2, 0.25) is 0 Å². The summed E-state index contributed by atoms with van der Waals surface area (Å²) in [5.41, 5.74) is 1.51. The van der Waals surface area contributed by atoms with Crippen molar-refractivity contribution in [2.24, 2.45) is 0 Å². The Kier molecular flexibility index (Phi) is 5.00. The molecule has 5 heteroatoms. The Balaban J connectivity index is 2.13. The molecule has 0 saturated carbocycles. The van der Waals surface area contributed by atoms with Crippen LogP contribution in [0.1, 0.15) is 20.7 Å². The van der Waals surface area contributed by atoms with Crippen LogP contribution in [0.5, 0.6) is 0 Å². The first-order valence-corrected chi connectivity index (χ1v) is 7.50. The van der Waals surface area contributed by atoms with E-state index in [2.05, 4.69) is 10.1 Å². The number of nitrogens with one attached hydrogen (secondary N) is 1. The number of ether oxygens (including phenoxy) is 1. The number of esters is 1. The van der Waals surface area contributed by atoms with E-state index >= 15 is 0 Å². The maximum Gasteiger partial charge on any atom is 0.337 e. The van der Waals surface area contributed by atoms with Gasteiger partial charge in [-0.1, -0.05) is 6.07 Å². The molecule has 0 aliphatic heterocycles. The van der Waals surface area contributed by atoms with Gasteiger partial charge in [-0.25, -0.2) is 4.79 Å². The van der Waals surface area contributed by atoms with Gasteiger partial charge < -0.3 is 10.1 Å². The fraction of sp³-hybridized carbons (Fsp3) is 0.125. The summed E-state index contributed by atoms with van der Waals surface area (Å²) < 4.78 is 4.65. The lowest BCUT2D eigenvalue weighted by molar-refractivity contribution is 0.0600. The van der Waals surface area contributed by atoms with Gasteiger partial charge in [-0.2, -0.15) is 0 Å². The van der Waals surface area contributed by atoms with Crippen LogP contribution in [0.15, 0.2) is 53.4 Å². The number of hydrogen-bond donors (Lipinski definition) is 1. The minimum atomic E-state index is -0.435. The van der Waals surface area contributed by atoms with Gasteiger partial charge in [-0.05, 0) is 48.7 Å². The minimum Gasteiger partial charge on any atom is -0.465 e. The Labute approximate surface area is 127 Å². The highest BCUT2D eigenvalue weighted by molar-refractivity contribution is 7.98. The number of amides is 1. The Morgan fingerprint density at radius 3 is 2.38 bits per heavy atom. The zero-order valence-corrected chi connectivity index (χ0v) is 12.6. The number of thioether (sulfide) groups is 1. The maximum absolute atomic E-state index is 12.1. The summed E-state index contributed by atoms with van der Waals surface area (Å²) in [6.07, 6.45) is 1.98. The lowest BCUT2D eigenvalue weighted by Crippen LogP contribution is -2.12. The summed E-state index contributed by atoms with van der Waals surface area (Å²) in [5, 5.41) is 2.76. The fourth-order valence-corrected chi connectivity index (χ4v) is 2.20. The van der Waals surface area contributed by atoms with Crippen LogP contribution in [0.25, 0.3) is 0 Å². The van der Waals surface area contributed by atoms with E-state index in [0.717, 1.165) is 4.90 Å². The summed E-state index contributed by atoms with van der Waals surface area (Å²) in [5.74, 6) is -0.653. The van der Waals surface area contributed by atoms with Crippen molar-refractivity contribution in [2.45, 2.75) is 4.90 Å². The highest BCUT2D eigenvalue weighted by Gasteiger charge is 2.09.